The summed E-state index contributed by atoms with van der Waals surface area (Å²) in [5.41, 5.74) is 5.68. The number of aryl methyl sites for hydroxylation is 1. The molecule has 0 aliphatic heterocycles. The van der Waals surface area contributed by atoms with Gasteiger partial charge in [0, 0.05) is 28.8 Å². The highest BCUT2D eigenvalue weighted by Gasteiger charge is 2.27. The Hall–Kier alpha value is -7.12. The van der Waals surface area contributed by atoms with Gasteiger partial charge in [-0.3, -0.25) is 23.9 Å². The van der Waals surface area contributed by atoms with Gasteiger partial charge in [0.05, 0.1) is 39.8 Å². The van der Waals surface area contributed by atoms with E-state index in [-0.39, 0.29) is 38.4 Å². The quantitative estimate of drug-likeness (QED) is 0.0113. The van der Waals surface area contributed by atoms with Gasteiger partial charge in [-0.05, 0) is 72.9 Å². The van der Waals surface area contributed by atoms with Crippen molar-refractivity contribution in [3.8, 4) is 0 Å². The number of nitroso groups, excluding NO2 is 1. The number of unbranched alkanes of at least 4 members (excludes halogenated alkanes) is 1. The van der Waals surface area contributed by atoms with Crippen LogP contribution < -0.4 is 5.84 Å². The summed E-state index contributed by atoms with van der Waals surface area (Å²) < 4.78 is 20.2. The SMILES string of the molecule is C.C.CCC(O)=C(N=O)C(=O)OC.CCC/C=C/C=O.CCCc1[nH]c(C(=O)OC)c(CC)c1C=O.CCCc1c(C=O)c(CC)c(C(=O)OC)n1N.CCCc1c(C=O)c(CC)c(C(=O)OC)n1O. The van der Waals surface area contributed by atoms with Crippen molar-refractivity contribution in [3.05, 3.63) is 96.1 Å². The second-order valence-corrected chi connectivity index (χ2v) is 14.2. The number of nitrogen functional groups attached to an aromatic ring is 1. The molecule has 20 nitrogen and oxygen atoms in total. The maximum Gasteiger partial charge on any atom is 0.363 e. The minimum Gasteiger partial charge on any atom is -0.510 e. The fraction of sp³-hybridized carbons (Fsp3) is 0.520. The zero-order valence-electron chi connectivity index (χ0n) is 41.6. The van der Waals surface area contributed by atoms with Crippen LogP contribution in [0.5, 0.6) is 0 Å². The van der Waals surface area contributed by atoms with Gasteiger partial charge < -0.3 is 40.1 Å². The van der Waals surface area contributed by atoms with Crippen molar-refractivity contribution in [3.63, 3.8) is 0 Å². The summed E-state index contributed by atoms with van der Waals surface area (Å²) in [5, 5.41) is 21.2. The van der Waals surface area contributed by atoms with Gasteiger partial charge in [-0.25, -0.2) is 19.2 Å². The van der Waals surface area contributed by atoms with E-state index in [0.717, 1.165) is 80.5 Å². The molecular weight excluding hydrogens is 911 g/mol. The summed E-state index contributed by atoms with van der Waals surface area (Å²) in [6.07, 6.45) is 15.0. The number of nitrogens with zero attached hydrogens (tertiary/aromatic N) is 3. The molecule has 0 radical (unpaired) electrons. The largest absolute Gasteiger partial charge is 0.510 e. The van der Waals surface area contributed by atoms with Crippen molar-refractivity contribution in [1.82, 2.24) is 14.4 Å². The van der Waals surface area contributed by atoms with Crippen molar-refractivity contribution >= 4 is 49.0 Å². The van der Waals surface area contributed by atoms with Gasteiger partial charge in [0.1, 0.15) is 17.7 Å². The molecule has 0 aromatic carbocycles. The number of methoxy groups -OCH3 is 4. The Morgan fingerprint density at radius 3 is 1.49 bits per heavy atom. The van der Waals surface area contributed by atoms with E-state index in [1.165, 1.54) is 32.1 Å². The molecule has 0 bridgehead atoms. The van der Waals surface area contributed by atoms with Crippen LogP contribution in [-0.4, -0.2) is 102 Å². The van der Waals surface area contributed by atoms with E-state index in [1.54, 1.807) is 6.92 Å². The zero-order chi connectivity index (χ0) is 52.5. The van der Waals surface area contributed by atoms with Crippen LogP contribution in [0.1, 0.15) is 205 Å². The van der Waals surface area contributed by atoms with E-state index in [9.17, 15) is 48.5 Å². The summed E-state index contributed by atoms with van der Waals surface area (Å²) in [6, 6.07) is 0. The van der Waals surface area contributed by atoms with Crippen LogP contribution in [-0.2, 0) is 67.1 Å². The number of carbonyl (C=O) groups is 8. The Kier molecular flexibility index (Phi) is 38.5. The molecule has 70 heavy (non-hydrogen) atoms. The van der Waals surface area contributed by atoms with Crippen molar-refractivity contribution in [2.24, 2.45) is 5.18 Å². The monoisotopic (exact) mass is 990 g/mol. The highest BCUT2D eigenvalue weighted by Crippen LogP contribution is 2.25. The topological polar surface area (TPSA) is 295 Å². The lowest BCUT2D eigenvalue weighted by molar-refractivity contribution is -0.136. The Balaban J connectivity index is -0.000000397. The van der Waals surface area contributed by atoms with Crippen LogP contribution in [0.2, 0.25) is 0 Å². The van der Waals surface area contributed by atoms with Gasteiger partial charge in [0.2, 0.25) is 5.70 Å². The first-order valence-corrected chi connectivity index (χ1v) is 22.3. The van der Waals surface area contributed by atoms with Gasteiger partial charge >= 0.3 is 23.9 Å². The first-order chi connectivity index (χ1) is 32.5. The molecule has 3 aromatic heterocycles. The molecule has 0 fully saturated rings. The number of nitrogens with two attached hydrogens (primary N) is 1. The number of aliphatic hydroxyl groups excluding tert-OH is 1. The van der Waals surface area contributed by atoms with Crippen LogP contribution in [0, 0.1) is 4.91 Å². The van der Waals surface area contributed by atoms with Crippen LogP contribution in [0.4, 0.5) is 0 Å². The second-order valence-electron chi connectivity index (χ2n) is 14.2. The molecule has 0 saturated heterocycles. The number of hydrogen-bond acceptors (Lipinski definition) is 17. The van der Waals surface area contributed by atoms with Gasteiger partial charge in [-0.1, -0.05) is 102 Å². The Bertz CT molecular complexity index is 2110. The number of allylic oxidation sites excluding steroid dienone is 3. The van der Waals surface area contributed by atoms with E-state index in [0.29, 0.717) is 83.3 Å². The van der Waals surface area contributed by atoms with Crippen LogP contribution in [0.3, 0.4) is 0 Å². The Morgan fingerprint density at radius 2 is 1.10 bits per heavy atom. The number of nitrogens with one attached hydrogen (secondary N) is 1. The molecule has 0 spiro atoms. The number of aldehydes is 4. The van der Waals surface area contributed by atoms with Crippen LogP contribution in [0.15, 0.2) is 28.8 Å². The molecular formula is C50H79N5O15. The van der Waals surface area contributed by atoms with E-state index in [1.807, 2.05) is 47.6 Å². The molecule has 0 unspecified atom stereocenters. The standard InChI is InChI=1S/C12H18N2O3.C12H17NO4.C12H17NO3.C6H9NO4.C6H10O.2CH4/c1-4-6-10-9(7-15)8(5-2)11(14(10)13)12(16)17-3;1-4-6-10-9(7-14)8(5-2)11(13(10)16)12(15)17-3;1-4-6-10-9(7-14)8(5-2)11(13-10)12(15)16-3;1-3-4(8)5(7-10)6(9)11-2;1-2-3-4-5-6-7;;/h7H,4-6,13H2,1-3H3;7,16H,4-6H2,1-3H3;7,13H,4-6H2,1-3H3;8H,3H2,1-2H3;4-6H,2-3H2,1H3;2*1H4/b;;;;5-4+;;. The van der Waals surface area contributed by atoms with Crippen LogP contribution >= 0.6 is 0 Å². The van der Waals surface area contributed by atoms with Crippen molar-refractivity contribution in [2.75, 3.05) is 34.3 Å². The number of aliphatic hydroxyl groups is 1. The number of H-pyrrole nitrogens is 1. The lowest BCUT2D eigenvalue weighted by Crippen LogP contribution is -2.20. The summed E-state index contributed by atoms with van der Waals surface area (Å²) in [7, 11) is 4.99. The average Bonchev–Trinajstić information content (AvgIpc) is 3.96. The molecule has 0 atom stereocenters. The maximum absolute atomic E-state index is 11.7. The van der Waals surface area contributed by atoms with Gasteiger partial charge in [-0.2, -0.15) is 4.73 Å². The summed E-state index contributed by atoms with van der Waals surface area (Å²) in [5.74, 6) is 3.05. The first kappa shape index (κ1) is 69.5. The molecule has 0 aliphatic rings. The number of esters is 4. The Morgan fingerprint density at radius 1 is 0.643 bits per heavy atom. The Labute approximate surface area is 412 Å². The minimum atomic E-state index is -0.917. The molecule has 0 aliphatic carbocycles. The van der Waals surface area contributed by atoms with E-state index < -0.39 is 29.6 Å². The van der Waals surface area contributed by atoms with Crippen molar-refractivity contribution in [2.45, 2.75) is 147 Å². The smallest absolute Gasteiger partial charge is 0.363 e. The fourth-order valence-corrected chi connectivity index (χ4v) is 6.61. The molecule has 0 amide bonds. The van der Waals surface area contributed by atoms with Crippen molar-refractivity contribution < 1.29 is 67.6 Å². The molecule has 3 rings (SSSR count). The lowest BCUT2D eigenvalue weighted by Gasteiger charge is -2.05. The third-order valence-corrected chi connectivity index (χ3v) is 9.85. The average molecular weight is 990 g/mol. The highest BCUT2D eigenvalue weighted by atomic mass is 16.5. The molecule has 394 valence electrons. The lowest BCUT2D eigenvalue weighted by atomic mass is 10.1. The summed E-state index contributed by atoms with van der Waals surface area (Å²) in [6.45, 7) is 15.2. The third kappa shape index (κ3) is 19.5. The second kappa shape index (κ2) is 38.8. The van der Waals surface area contributed by atoms with E-state index >= 15 is 0 Å². The summed E-state index contributed by atoms with van der Waals surface area (Å²) in [4.78, 5) is 101. The van der Waals surface area contributed by atoms with Crippen LogP contribution in [0.25, 0.3) is 0 Å². The number of hydrogen-bond donors (Lipinski definition) is 4. The predicted octanol–water partition coefficient (Wildman–Crippen LogP) is 9.20. The highest BCUT2D eigenvalue weighted by molar-refractivity contribution is 5.96. The van der Waals surface area contributed by atoms with Crippen molar-refractivity contribution in [1.29, 1.82) is 0 Å². The van der Waals surface area contributed by atoms with E-state index in [4.69, 9.17) is 15.7 Å². The van der Waals surface area contributed by atoms with E-state index in [2.05, 4.69) is 31.3 Å². The number of aromatic amines is 1. The summed E-state index contributed by atoms with van der Waals surface area (Å²) >= 11 is 0. The number of aromatic nitrogens is 3. The minimum absolute atomic E-state index is 0. The van der Waals surface area contributed by atoms with Gasteiger partial charge in [-0.15, -0.1) is 4.91 Å². The molecule has 3 aromatic rings. The molecule has 20 heteroatoms. The zero-order valence-corrected chi connectivity index (χ0v) is 41.6. The first-order valence-electron chi connectivity index (χ1n) is 22.3. The molecule has 5 N–H and O–H groups in total. The third-order valence-electron chi connectivity index (χ3n) is 9.85. The fourth-order valence-electron chi connectivity index (χ4n) is 6.61. The number of carbonyl (C=O) groups excluding carboxylic acids is 8. The predicted molar refractivity (Wildman–Crippen MR) is 269 cm³/mol. The number of ether oxygens (including phenoxy) is 4. The number of rotatable bonds is 21. The molecule has 0 saturated carbocycles. The normalized spacial score (nSPS) is 10.2. The molecule has 3 heterocycles. The van der Waals surface area contributed by atoms with Gasteiger partial charge in [0.15, 0.2) is 30.2 Å². The van der Waals surface area contributed by atoms with Gasteiger partial charge in [0.25, 0.3) is 0 Å². The maximum atomic E-state index is 11.7.